The van der Waals surface area contributed by atoms with Crippen molar-refractivity contribution < 1.29 is 8.78 Å². The van der Waals surface area contributed by atoms with Crippen molar-refractivity contribution in [1.29, 1.82) is 0 Å². The predicted molar refractivity (Wildman–Crippen MR) is 73.8 cm³/mol. The van der Waals surface area contributed by atoms with E-state index in [0.29, 0.717) is 19.0 Å². The van der Waals surface area contributed by atoms with E-state index in [1.54, 1.807) is 0 Å². The van der Waals surface area contributed by atoms with Gasteiger partial charge in [0.1, 0.15) is 11.6 Å². The van der Waals surface area contributed by atoms with E-state index in [2.05, 4.69) is 15.0 Å². The van der Waals surface area contributed by atoms with E-state index in [9.17, 15) is 8.78 Å². The molecular formula is C13H13ClF2N4. The van der Waals surface area contributed by atoms with E-state index >= 15 is 0 Å². The van der Waals surface area contributed by atoms with Gasteiger partial charge in [0.05, 0.1) is 5.56 Å². The summed E-state index contributed by atoms with van der Waals surface area (Å²) in [5.74, 6) is -0.939. The number of anilines is 1. The number of rotatable bonds is 4. The Morgan fingerprint density at radius 1 is 1.10 bits per heavy atom. The molecule has 0 fully saturated rings. The van der Waals surface area contributed by atoms with E-state index in [0.717, 1.165) is 12.1 Å². The minimum absolute atomic E-state index is 0.0272. The van der Waals surface area contributed by atoms with Crippen molar-refractivity contribution >= 4 is 17.5 Å². The van der Waals surface area contributed by atoms with E-state index in [1.807, 2.05) is 18.7 Å². The molecule has 0 aliphatic rings. The Morgan fingerprint density at radius 2 is 1.80 bits per heavy atom. The van der Waals surface area contributed by atoms with Gasteiger partial charge in [0.25, 0.3) is 0 Å². The van der Waals surface area contributed by atoms with Crippen molar-refractivity contribution in [3.63, 3.8) is 0 Å². The molecule has 2 aromatic rings. The molecule has 0 saturated carbocycles. The van der Waals surface area contributed by atoms with Crippen LogP contribution in [-0.4, -0.2) is 28.0 Å². The van der Waals surface area contributed by atoms with Crippen LogP contribution in [0.5, 0.6) is 0 Å². The lowest BCUT2D eigenvalue weighted by Gasteiger charge is -2.18. The number of halogens is 3. The Labute approximate surface area is 120 Å². The maximum absolute atomic E-state index is 13.8. The van der Waals surface area contributed by atoms with Crippen LogP contribution in [0.25, 0.3) is 11.4 Å². The standard InChI is InChI=1S/C13H13ClF2N4/c1-3-20(4-2)13-18-11(17-12(14)19-13)9-6-5-8(15)7-10(9)16/h5-7H,3-4H2,1-2H3. The molecule has 106 valence electrons. The van der Waals surface area contributed by atoms with Crippen LogP contribution in [-0.2, 0) is 0 Å². The number of hydrogen-bond donors (Lipinski definition) is 0. The zero-order valence-corrected chi connectivity index (χ0v) is 11.8. The molecule has 7 heteroatoms. The van der Waals surface area contributed by atoms with Gasteiger partial charge in [0.2, 0.25) is 11.2 Å². The highest BCUT2D eigenvalue weighted by Gasteiger charge is 2.14. The summed E-state index contributed by atoms with van der Waals surface area (Å²) in [4.78, 5) is 14.0. The first kappa shape index (κ1) is 14.6. The average Bonchev–Trinajstić information content (AvgIpc) is 2.39. The van der Waals surface area contributed by atoms with Crippen LogP contribution in [0.2, 0.25) is 5.28 Å². The molecule has 1 aromatic carbocycles. The third-order valence-corrected chi connectivity index (χ3v) is 2.98. The minimum Gasteiger partial charge on any atom is -0.341 e. The first-order valence-corrected chi connectivity index (χ1v) is 6.54. The van der Waals surface area contributed by atoms with Gasteiger partial charge in [-0.3, -0.25) is 0 Å². The summed E-state index contributed by atoms with van der Waals surface area (Å²) >= 11 is 5.86. The third-order valence-electron chi connectivity index (χ3n) is 2.81. The number of benzene rings is 1. The Bertz CT molecular complexity index is 617. The second-order valence-electron chi connectivity index (χ2n) is 4.02. The van der Waals surface area contributed by atoms with Gasteiger partial charge in [-0.1, -0.05) is 0 Å². The molecule has 0 N–H and O–H groups in total. The molecule has 1 heterocycles. The molecule has 4 nitrogen and oxygen atoms in total. The quantitative estimate of drug-likeness (QED) is 0.868. The Balaban J connectivity index is 2.51. The fraction of sp³-hybridized carbons (Fsp3) is 0.308. The van der Waals surface area contributed by atoms with Gasteiger partial charge in [0.15, 0.2) is 5.82 Å². The van der Waals surface area contributed by atoms with E-state index in [-0.39, 0.29) is 16.7 Å². The van der Waals surface area contributed by atoms with Gasteiger partial charge in [-0.2, -0.15) is 15.0 Å². The second kappa shape index (κ2) is 6.09. The lowest BCUT2D eigenvalue weighted by atomic mass is 10.2. The largest absolute Gasteiger partial charge is 0.341 e. The van der Waals surface area contributed by atoms with Gasteiger partial charge in [0, 0.05) is 19.2 Å². The zero-order valence-electron chi connectivity index (χ0n) is 11.1. The molecular weight excluding hydrogens is 286 g/mol. The lowest BCUT2D eigenvalue weighted by Crippen LogP contribution is -2.24. The highest BCUT2D eigenvalue weighted by molar-refractivity contribution is 6.28. The molecule has 20 heavy (non-hydrogen) atoms. The molecule has 0 saturated heterocycles. The van der Waals surface area contributed by atoms with Crippen LogP contribution in [0.3, 0.4) is 0 Å². The molecule has 1 aromatic heterocycles. The summed E-state index contributed by atoms with van der Waals surface area (Å²) in [6, 6.07) is 3.21. The molecule has 0 bridgehead atoms. The normalized spacial score (nSPS) is 10.7. The maximum atomic E-state index is 13.8. The monoisotopic (exact) mass is 298 g/mol. The fourth-order valence-corrected chi connectivity index (χ4v) is 1.93. The summed E-state index contributed by atoms with van der Waals surface area (Å²) in [6.45, 7) is 5.25. The molecule has 0 unspecified atom stereocenters. The lowest BCUT2D eigenvalue weighted by molar-refractivity contribution is 0.585. The van der Waals surface area contributed by atoms with E-state index < -0.39 is 11.6 Å². The smallest absolute Gasteiger partial charge is 0.230 e. The topological polar surface area (TPSA) is 41.9 Å². The molecule has 0 aliphatic carbocycles. The van der Waals surface area contributed by atoms with Crippen molar-refractivity contribution in [1.82, 2.24) is 15.0 Å². The Hall–Kier alpha value is -1.82. The highest BCUT2D eigenvalue weighted by atomic mass is 35.5. The third kappa shape index (κ3) is 3.01. The summed E-state index contributed by atoms with van der Waals surface area (Å²) < 4.78 is 26.7. The van der Waals surface area contributed by atoms with Crippen molar-refractivity contribution in [3.8, 4) is 11.4 Å². The van der Waals surface area contributed by atoms with E-state index in [4.69, 9.17) is 11.6 Å². The highest BCUT2D eigenvalue weighted by Crippen LogP contribution is 2.23. The average molecular weight is 299 g/mol. The zero-order chi connectivity index (χ0) is 14.7. The molecule has 0 amide bonds. The SMILES string of the molecule is CCN(CC)c1nc(Cl)nc(-c2ccc(F)cc2F)n1. The van der Waals surface area contributed by atoms with Gasteiger partial charge >= 0.3 is 0 Å². The second-order valence-corrected chi connectivity index (χ2v) is 4.36. The van der Waals surface area contributed by atoms with Crippen LogP contribution in [0.15, 0.2) is 18.2 Å². The molecule has 0 aliphatic heterocycles. The van der Waals surface area contributed by atoms with Gasteiger partial charge < -0.3 is 4.90 Å². The molecule has 0 spiro atoms. The molecule has 0 radical (unpaired) electrons. The summed E-state index contributed by atoms with van der Waals surface area (Å²) in [7, 11) is 0. The minimum atomic E-state index is -0.738. The number of hydrogen-bond acceptors (Lipinski definition) is 4. The van der Waals surface area contributed by atoms with E-state index in [1.165, 1.54) is 6.07 Å². The predicted octanol–water partition coefficient (Wildman–Crippen LogP) is 3.32. The number of aromatic nitrogens is 3. The Morgan fingerprint density at radius 3 is 2.40 bits per heavy atom. The number of nitrogens with zero attached hydrogens (tertiary/aromatic N) is 4. The summed E-state index contributed by atoms with van der Waals surface area (Å²) in [5, 5.41) is -0.0272. The van der Waals surface area contributed by atoms with Gasteiger partial charge in [-0.25, -0.2) is 8.78 Å². The summed E-state index contributed by atoms with van der Waals surface area (Å²) in [6.07, 6.45) is 0. The van der Waals surface area contributed by atoms with Crippen LogP contribution >= 0.6 is 11.6 Å². The van der Waals surface area contributed by atoms with Crippen molar-refractivity contribution in [2.45, 2.75) is 13.8 Å². The fourth-order valence-electron chi connectivity index (χ4n) is 1.78. The summed E-state index contributed by atoms with van der Waals surface area (Å²) in [5.41, 5.74) is 0.0871. The van der Waals surface area contributed by atoms with Gasteiger partial charge in [-0.05, 0) is 37.6 Å². The van der Waals surface area contributed by atoms with Crippen LogP contribution in [0.4, 0.5) is 14.7 Å². The van der Waals surface area contributed by atoms with Crippen molar-refractivity contribution in [2.75, 3.05) is 18.0 Å². The first-order chi connectivity index (χ1) is 9.55. The van der Waals surface area contributed by atoms with Crippen molar-refractivity contribution in [2.24, 2.45) is 0 Å². The Kier molecular flexibility index (Phi) is 4.44. The van der Waals surface area contributed by atoms with Gasteiger partial charge in [-0.15, -0.1) is 0 Å². The van der Waals surface area contributed by atoms with Crippen LogP contribution in [0.1, 0.15) is 13.8 Å². The maximum Gasteiger partial charge on any atom is 0.230 e. The first-order valence-electron chi connectivity index (χ1n) is 6.17. The van der Waals surface area contributed by atoms with Crippen molar-refractivity contribution in [3.05, 3.63) is 35.1 Å². The van der Waals surface area contributed by atoms with Crippen LogP contribution in [0, 0.1) is 11.6 Å². The molecule has 0 atom stereocenters. The molecule has 2 rings (SSSR count). The van der Waals surface area contributed by atoms with Crippen LogP contribution < -0.4 is 4.90 Å².